The van der Waals surface area contributed by atoms with E-state index in [9.17, 15) is 32.7 Å². The largest absolute Gasteiger partial charge is 0.393 e. The average molecular weight is 544 g/mol. The third kappa shape index (κ3) is 5.52. The molecule has 1 aromatic carbocycles. The third-order valence-electron chi connectivity index (χ3n) is 6.37. The molecule has 4 rings (SSSR count). The van der Waals surface area contributed by atoms with Crippen LogP contribution in [0.3, 0.4) is 0 Å². The number of piperidine rings is 1. The second kappa shape index (κ2) is 10.4. The summed E-state index contributed by atoms with van der Waals surface area (Å²) in [5.41, 5.74) is -0.378. The lowest BCUT2D eigenvalue weighted by Crippen LogP contribution is -2.41. The summed E-state index contributed by atoms with van der Waals surface area (Å²) in [7, 11) is 0. The predicted octanol–water partition coefficient (Wildman–Crippen LogP) is 3.98. The molecule has 0 bridgehead atoms. The lowest BCUT2D eigenvalue weighted by atomic mass is 10.1. The Bertz CT molecular complexity index is 1400. The van der Waals surface area contributed by atoms with Gasteiger partial charge in [-0.25, -0.2) is 4.79 Å². The van der Waals surface area contributed by atoms with Crippen LogP contribution in [0.25, 0.3) is 10.2 Å². The number of alkyl halides is 3. The van der Waals surface area contributed by atoms with Crippen molar-refractivity contribution in [3.8, 4) is 0 Å². The highest BCUT2D eigenvalue weighted by Crippen LogP contribution is 2.31. The summed E-state index contributed by atoms with van der Waals surface area (Å²) < 4.78 is 41.1. The maximum absolute atomic E-state index is 13.4. The van der Waals surface area contributed by atoms with Crippen LogP contribution >= 0.6 is 22.9 Å². The SMILES string of the molecule is Cc1c(C(=O)N2CCC(O)CC2)sc2c1c(=O)n(CCc1cccc(Cl)c1)c(=O)n2CCC(F)(F)F. The molecule has 7 nitrogen and oxygen atoms in total. The molecule has 1 aliphatic heterocycles. The summed E-state index contributed by atoms with van der Waals surface area (Å²) in [4.78, 5) is 41.7. The van der Waals surface area contributed by atoms with Gasteiger partial charge in [0.25, 0.3) is 11.5 Å². The van der Waals surface area contributed by atoms with Gasteiger partial charge in [0.1, 0.15) is 4.83 Å². The number of amides is 1. The van der Waals surface area contributed by atoms with Crippen LogP contribution in [0.15, 0.2) is 33.9 Å². The van der Waals surface area contributed by atoms with Crippen LogP contribution < -0.4 is 11.2 Å². The Morgan fingerprint density at radius 2 is 1.86 bits per heavy atom. The van der Waals surface area contributed by atoms with E-state index in [1.165, 1.54) is 0 Å². The third-order valence-corrected chi connectivity index (χ3v) is 7.91. The molecule has 12 heteroatoms. The van der Waals surface area contributed by atoms with Crippen molar-refractivity contribution in [2.45, 2.75) is 58.0 Å². The fraction of sp³-hybridized carbons (Fsp3) is 0.458. The number of hydrogen-bond acceptors (Lipinski definition) is 5. The first-order valence-corrected chi connectivity index (χ1v) is 12.7. The number of aryl methyl sites for hydroxylation is 3. The number of carbonyl (C=O) groups excluding carboxylic acids is 1. The molecule has 0 unspecified atom stereocenters. The fourth-order valence-electron chi connectivity index (χ4n) is 4.38. The Morgan fingerprint density at radius 1 is 1.17 bits per heavy atom. The molecule has 194 valence electrons. The summed E-state index contributed by atoms with van der Waals surface area (Å²) in [5.74, 6) is -0.361. The topological polar surface area (TPSA) is 84.5 Å². The summed E-state index contributed by atoms with van der Waals surface area (Å²) in [5, 5.41) is 10.3. The van der Waals surface area contributed by atoms with E-state index < -0.39 is 36.5 Å². The number of benzene rings is 1. The number of carbonyl (C=O) groups is 1. The molecule has 0 spiro atoms. The Balaban J connectivity index is 1.80. The van der Waals surface area contributed by atoms with Gasteiger partial charge >= 0.3 is 11.9 Å². The first-order chi connectivity index (χ1) is 17.0. The minimum atomic E-state index is -4.51. The second-order valence-electron chi connectivity index (χ2n) is 8.90. The van der Waals surface area contributed by atoms with E-state index in [1.54, 1.807) is 36.1 Å². The zero-order valence-corrected chi connectivity index (χ0v) is 21.0. The minimum absolute atomic E-state index is 0.0530. The van der Waals surface area contributed by atoms with E-state index in [-0.39, 0.29) is 34.0 Å². The molecule has 1 fully saturated rings. The maximum atomic E-state index is 13.4. The highest BCUT2D eigenvalue weighted by molar-refractivity contribution is 7.20. The number of hydrogen-bond donors (Lipinski definition) is 1. The fourth-order valence-corrected chi connectivity index (χ4v) is 5.88. The Morgan fingerprint density at radius 3 is 2.50 bits per heavy atom. The molecular weight excluding hydrogens is 519 g/mol. The van der Waals surface area contributed by atoms with Gasteiger partial charge in [-0.1, -0.05) is 23.7 Å². The zero-order chi connectivity index (χ0) is 26.2. The van der Waals surface area contributed by atoms with Crippen molar-refractivity contribution < 1.29 is 23.1 Å². The van der Waals surface area contributed by atoms with Crippen molar-refractivity contribution in [2.24, 2.45) is 0 Å². The van der Waals surface area contributed by atoms with Gasteiger partial charge in [0, 0.05) is 31.2 Å². The number of rotatable bonds is 6. The molecule has 3 heterocycles. The van der Waals surface area contributed by atoms with Crippen LogP contribution in [-0.2, 0) is 19.5 Å². The molecule has 0 saturated carbocycles. The van der Waals surface area contributed by atoms with E-state index >= 15 is 0 Å². The summed E-state index contributed by atoms with van der Waals surface area (Å²) in [6.07, 6.45) is -5.14. The normalized spacial score (nSPS) is 15.1. The number of thiophene rings is 1. The summed E-state index contributed by atoms with van der Waals surface area (Å²) in [6.45, 7) is 1.52. The Labute approximate surface area is 213 Å². The highest BCUT2D eigenvalue weighted by Gasteiger charge is 2.31. The minimum Gasteiger partial charge on any atom is -0.393 e. The van der Waals surface area contributed by atoms with Gasteiger partial charge in [-0.15, -0.1) is 11.3 Å². The van der Waals surface area contributed by atoms with Gasteiger partial charge in [0.2, 0.25) is 0 Å². The van der Waals surface area contributed by atoms with Crippen LogP contribution in [0.5, 0.6) is 0 Å². The lowest BCUT2D eigenvalue weighted by molar-refractivity contribution is -0.136. The first kappa shape index (κ1) is 26.4. The van der Waals surface area contributed by atoms with Gasteiger partial charge < -0.3 is 10.0 Å². The average Bonchev–Trinajstić information content (AvgIpc) is 3.15. The van der Waals surface area contributed by atoms with Crippen molar-refractivity contribution in [1.29, 1.82) is 0 Å². The summed E-state index contributed by atoms with van der Waals surface area (Å²) in [6, 6.07) is 6.88. The molecular formula is C24H25ClF3N3O4S. The number of aliphatic hydroxyl groups is 1. The molecule has 36 heavy (non-hydrogen) atoms. The van der Waals surface area contributed by atoms with Crippen LogP contribution in [0.4, 0.5) is 13.2 Å². The molecule has 2 aromatic heterocycles. The maximum Gasteiger partial charge on any atom is 0.390 e. The van der Waals surface area contributed by atoms with Crippen molar-refractivity contribution in [3.63, 3.8) is 0 Å². The van der Waals surface area contributed by atoms with Crippen LogP contribution in [0.2, 0.25) is 5.02 Å². The summed E-state index contributed by atoms with van der Waals surface area (Å²) >= 11 is 6.88. The van der Waals surface area contributed by atoms with Crippen molar-refractivity contribution >= 4 is 39.1 Å². The lowest BCUT2D eigenvalue weighted by Gasteiger charge is -2.29. The highest BCUT2D eigenvalue weighted by atomic mass is 35.5. The van der Waals surface area contributed by atoms with Crippen molar-refractivity contribution in [3.05, 3.63) is 66.1 Å². The van der Waals surface area contributed by atoms with E-state index in [0.717, 1.165) is 26.0 Å². The molecule has 0 aliphatic carbocycles. The second-order valence-corrected chi connectivity index (χ2v) is 10.3. The molecule has 0 radical (unpaired) electrons. The van der Waals surface area contributed by atoms with Crippen molar-refractivity contribution in [2.75, 3.05) is 13.1 Å². The number of fused-ring (bicyclic) bond motifs is 1. The monoisotopic (exact) mass is 543 g/mol. The molecule has 1 saturated heterocycles. The van der Waals surface area contributed by atoms with E-state index in [2.05, 4.69) is 0 Å². The number of halogens is 4. The van der Waals surface area contributed by atoms with E-state index in [0.29, 0.717) is 36.5 Å². The Hall–Kier alpha value is -2.63. The van der Waals surface area contributed by atoms with Crippen LogP contribution in [0, 0.1) is 6.92 Å². The molecule has 0 atom stereocenters. The number of aliphatic hydroxyl groups excluding tert-OH is 1. The van der Waals surface area contributed by atoms with Gasteiger partial charge in [0.05, 0.1) is 22.8 Å². The van der Waals surface area contributed by atoms with E-state index in [1.807, 2.05) is 0 Å². The smallest absolute Gasteiger partial charge is 0.390 e. The molecule has 1 aliphatic rings. The quantitative estimate of drug-likeness (QED) is 0.510. The number of nitrogens with zero attached hydrogens (tertiary/aromatic N) is 3. The molecule has 3 aromatic rings. The standard InChI is InChI=1S/C24H25ClF3N3O4S/c1-14-18-20(33)30(11-5-15-3-2-4-16(25)13-15)23(35)31(12-8-24(26,27)28)22(18)36-19(14)21(34)29-9-6-17(32)7-10-29/h2-4,13,17,32H,5-12H2,1H3. The number of likely N-dealkylation sites (tertiary alicyclic amines) is 1. The van der Waals surface area contributed by atoms with Gasteiger partial charge in [0.15, 0.2) is 0 Å². The van der Waals surface area contributed by atoms with Crippen LogP contribution in [-0.4, -0.2) is 50.4 Å². The number of aromatic nitrogens is 2. The van der Waals surface area contributed by atoms with Crippen LogP contribution in [0.1, 0.15) is 40.1 Å². The van der Waals surface area contributed by atoms with Gasteiger partial charge in [-0.3, -0.25) is 18.7 Å². The Kier molecular flexibility index (Phi) is 7.63. The molecule has 1 amide bonds. The first-order valence-electron chi connectivity index (χ1n) is 11.5. The van der Waals surface area contributed by atoms with Gasteiger partial charge in [-0.2, -0.15) is 13.2 Å². The molecule has 1 N–H and O–H groups in total. The predicted molar refractivity (Wildman–Crippen MR) is 132 cm³/mol. The van der Waals surface area contributed by atoms with Gasteiger partial charge in [-0.05, 0) is 49.4 Å². The zero-order valence-electron chi connectivity index (χ0n) is 19.5. The van der Waals surface area contributed by atoms with Crippen molar-refractivity contribution in [1.82, 2.24) is 14.0 Å². The van der Waals surface area contributed by atoms with E-state index in [4.69, 9.17) is 11.6 Å².